The fourth-order valence-electron chi connectivity index (χ4n) is 1.44. The van der Waals surface area contributed by atoms with Gasteiger partial charge in [0.15, 0.2) is 5.11 Å². The second-order valence-corrected chi connectivity index (χ2v) is 4.02. The molecule has 0 aliphatic carbocycles. The summed E-state index contributed by atoms with van der Waals surface area (Å²) in [6.07, 6.45) is 1.09. The van der Waals surface area contributed by atoms with Gasteiger partial charge in [0.1, 0.15) is 0 Å². The average molecular weight is 237 g/mol. The lowest BCUT2D eigenvalue weighted by Gasteiger charge is -2.23. The predicted molar refractivity (Wildman–Crippen MR) is 74.6 cm³/mol. The van der Waals surface area contributed by atoms with Crippen LogP contribution in [0.5, 0.6) is 0 Å². The molecule has 0 aliphatic rings. The molecule has 16 heavy (non-hydrogen) atoms. The SMILES string of the molecule is CCCN(CC)C(=S)Nc1ccc(N)cc1. The molecule has 0 heterocycles. The van der Waals surface area contributed by atoms with Crippen molar-refractivity contribution in [3.63, 3.8) is 0 Å². The van der Waals surface area contributed by atoms with Crippen LogP contribution in [0, 0.1) is 0 Å². The number of nitrogens with one attached hydrogen (secondary N) is 1. The van der Waals surface area contributed by atoms with Crippen molar-refractivity contribution in [3.8, 4) is 0 Å². The highest BCUT2D eigenvalue weighted by molar-refractivity contribution is 7.80. The lowest BCUT2D eigenvalue weighted by molar-refractivity contribution is 0.446. The molecule has 0 spiro atoms. The summed E-state index contributed by atoms with van der Waals surface area (Å²) in [6, 6.07) is 7.59. The van der Waals surface area contributed by atoms with E-state index in [1.165, 1.54) is 0 Å². The highest BCUT2D eigenvalue weighted by Crippen LogP contribution is 2.11. The van der Waals surface area contributed by atoms with Crippen LogP contribution in [-0.2, 0) is 0 Å². The molecule has 1 aromatic rings. The van der Waals surface area contributed by atoms with Gasteiger partial charge in [-0.2, -0.15) is 0 Å². The largest absolute Gasteiger partial charge is 0.399 e. The standard InChI is InChI=1S/C12H19N3S/c1-3-9-15(4-2)12(16)14-11-7-5-10(13)6-8-11/h5-8H,3-4,9,13H2,1-2H3,(H,14,16). The molecule has 0 fully saturated rings. The maximum absolute atomic E-state index is 5.62. The van der Waals surface area contributed by atoms with E-state index in [2.05, 4.69) is 24.1 Å². The Morgan fingerprint density at radius 3 is 2.44 bits per heavy atom. The molecule has 0 unspecified atom stereocenters. The molecule has 0 saturated carbocycles. The molecular formula is C12H19N3S. The number of anilines is 2. The van der Waals surface area contributed by atoms with Gasteiger partial charge in [-0.25, -0.2) is 0 Å². The van der Waals surface area contributed by atoms with E-state index in [9.17, 15) is 0 Å². The molecule has 0 amide bonds. The van der Waals surface area contributed by atoms with E-state index in [-0.39, 0.29) is 0 Å². The normalized spacial score (nSPS) is 9.88. The van der Waals surface area contributed by atoms with Crippen LogP contribution in [0.25, 0.3) is 0 Å². The van der Waals surface area contributed by atoms with Crippen molar-refractivity contribution >= 4 is 28.7 Å². The summed E-state index contributed by atoms with van der Waals surface area (Å²) < 4.78 is 0. The summed E-state index contributed by atoms with van der Waals surface area (Å²) in [6.45, 7) is 6.16. The number of benzene rings is 1. The first-order valence-electron chi connectivity index (χ1n) is 5.58. The van der Waals surface area contributed by atoms with Crippen LogP contribution in [-0.4, -0.2) is 23.1 Å². The minimum absolute atomic E-state index is 0.761. The average Bonchev–Trinajstić information content (AvgIpc) is 2.29. The molecule has 4 heteroatoms. The smallest absolute Gasteiger partial charge is 0.173 e. The van der Waals surface area contributed by atoms with E-state index in [4.69, 9.17) is 18.0 Å². The Balaban J connectivity index is 2.59. The molecule has 0 aromatic heterocycles. The summed E-state index contributed by atoms with van der Waals surface area (Å²) >= 11 is 5.34. The molecule has 1 aromatic carbocycles. The zero-order chi connectivity index (χ0) is 12.0. The minimum Gasteiger partial charge on any atom is -0.399 e. The summed E-state index contributed by atoms with van der Waals surface area (Å²) in [5.41, 5.74) is 7.36. The lowest BCUT2D eigenvalue weighted by Crippen LogP contribution is -2.35. The molecule has 0 radical (unpaired) electrons. The first-order valence-corrected chi connectivity index (χ1v) is 5.99. The van der Waals surface area contributed by atoms with Crippen molar-refractivity contribution in [3.05, 3.63) is 24.3 Å². The van der Waals surface area contributed by atoms with Crippen molar-refractivity contribution in [2.24, 2.45) is 0 Å². The van der Waals surface area contributed by atoms with E-state index >= 15 is 0 Å². The van der Waals surface area contributed by atoms with E-state index in [0.717, 1.165) is 36.0 Å². The third-order valence-corrected chi connectivity index (χ3v) is 2.68. The van der Waals surface area contributed by atoms with Crippen LogP contribution in [0.15, 0.2) is 24.3 Å². The summed E-state index contributed by atoms with van der Waals surface area (Å²) in [7, 11) is 0. The number of hydrogen-bond acceptors (Lipinski definition) is 2. The van der Waals surface area contributed by atoms with Crippen molar-refractivity contribution in [1.29, 1.82) is 0 Å². The number of nitrogens with two attached hydrogens (primary N) is 1. The Morgan fingerprint density at radius 2 is 1.94 bits per heavy atom. The van der Waals surface area contributed by atoms with Crippen molar-refractivity contribution < 1.29 is 0 Å². The van der Waals surface area contributed by atoms with E-state index in [1.807, 2.05) is 24.3 Å². The Labute approximate surface area is 103 Å². The summed E-state index contributed by atoms with van der Waals surface area (Å²) in [4.78, 5) is 2.14. The van der Waals surface area contributed by atoms with Crippen LogP contribution >= 0.6 is 12.2 Å². The van der Waals surface area contributed by atoms with Crippen LogP contribution in [0.2, 0.25) is 0 Å². The minimum atomic E-state index is 0.761. The molecule has 0 bridgehead atoms. The molecule has 0 atom stereocenters. The molecule has 0 saturated heterocycles. The maximum atomic E-state index is 5.62. The van der Waals surface area contributed by atoms with Gasteiger partial charge in [-0.1, -0.05) is 6.92 Å². The predicted octanol–water partition coefficient (Wildman–Crippen LogP) is 2.70. The van der Waals surface area contributed by atoms with E-state index < -0.39 is 0 Å². The molecule has 3 nitrogen and oxygen atoms in total. The highest BCUT2D eigenvalue weighted by Gasteiger charge is 2.05. The van der Waals surface area contributed by atoms with Gasteiger partial charge in [0.2, 0.25) is 0 Å². The van der Waals surface area contributed by atoms with Gasteiger partial charge in [-0.05, 0) is 49.8 Å². The van der Waals surface area contributed by atoms with E-state index in [1.54, 1.807) is 0 Å². The second kappa shape index (κ2) is 6.33. The first kappa shape index (κ1) is 12.8. The maximum Gasteiger partial charge on any atom is 0.173 e. The number of rotatable bonds is 4. The van der Waals surface area contributed by atoms with Crippen LogP contribution in [0.3, 0.4) is 0 Å². The van der Waals surface area contributed by atoms with Gasteiger partial charge in [0, 0.05) is 24.5 Å². The summed E-state index contributed by atoms with van der Waals surface area (Å²) in [5.74, 6) is 0. The number of nitrogen functional groups attached to an aromatic ring is 1. The van der Waals surface area contributed by atoms with Gasteiger partial charge in [-0.15, -0.1) is 0 Å². The van der Waals surface area contributed by atoms with Gasteiger partial charge >= 0.3 is 0 Å². The Hall–Kier alpha value is -1.29. The van der Waals surface area contributed by atoms with Crippen LogP contribution in [0.4, 0.5) is 11.4 Å². The third kappa shape index (κ3) is 3.70. The number of hydrogen-bond donors (Lipinski definition) is 2. The van der Waals surface area contributed by atoms with Gasteiger partial charge in [0.25, 0.3) is 0 Å². The summed E-state index contributed by atoms with van der Waals surface area (Å²) in [5, 5.41) is 3.98. The van der Waals surface area contributed by atoms with Crippen molar-refractivity contribution in [1.82, 2.24) is 4.90 Å². The molecule has 1 rings (SSSR count). The third-order valence-electron chi connectivity index (χ3n) is 2.32. The fraction of sp³-hybridized carbons (Fsp3) is 0.417. The number of thiocarbonyl (C=S) groups is 1. The highest BCUT2D eigenvalue weighted by atomic mass is 32.1. The van der Waals surface area contributed by atoms with Gasteiger partial charge in [-0.3, -0.25) is 0 Å². The zero-order valence-corrected chi connectivity index (χ0v) is 10.7. The van der Waals surface area contributed by atoms with E-state index in [0.29, 0.717) is 0 Å². The molecular weight excluding hydrogens is 218 g/mol. The molecule has 3 N–H and O–H groups in total. The lowest BCUT2D eigenvalue weighted by atomic mass is 10.3. The van der Waals surface area contributed by atoms with Crippen LogP contribution in [0.1, 0.15) is 20.3 Å². The van der Waals surface area contributed by atoms with Gasteiger partial charge in [0.05, 0.1) is 0 Å². The fourth-order valence-corrected chi connectivity index (χ4v) is 1.78. The van der Waals surface area contributed by atoms with Crippen molar-refractivity contribution in [2.75, 3.05) is 24.1 Å². The second-order valence-electron chi connectivity index (χ2n) is 3.63. The topological polar surface area (TPSA) is 41.3 Å². The quantitative estimate of drug-likeness (QED) is 0.624. The Bertz CT molecular complexity index is 335. The van der Waals surface area contributed by atoms with Crippen LogP contribution < -0.4 is 11.1 Å². The number of nitrogens with zero attached hydrogens (tertiary/aromatic N) is 1. The monoisotopic (exact) mass is 237 g/mol. The van der Waals surface area contributed by atoms with Crippen molar-refractivity contribution in [2.45, 2.75) is 20.3 Å². The molecule has 88 valence electrons. The Kier molecular flexibility index (Phi) is 5.05. The first-order chi connectivity index (χ1) is 7.67. The zero-order valence-electron chi connectivity index (χ0n) is 9.86. The van der Waals surface area contributed by atoms with Gasteiger partial charge < -0.3 is 16.0 Å². The molecule has 0 aliphatic heterocycles. The Morgan fingerprint density at radius 1 is 1.31 bits per heavy atom.